The molecule has 352 valence electrons. The zero-order valence-electron chi connectivity index (χ0n) is 39.4. The molecule has 0 atom stereocenters. The summed E-state index contributed by atoms with van der Waals surface area (Å²) in [5, 5.41) is 25.0. The highest BCUT2D eigenvalue weighted by atomic mass is 35.5. The van der Waals surface area contributed by atoms with E-state index in [1.807, 2.05) is 22.0 Å². The maximum absolute atomic E-state index is 13.5. The molecular formula is C52H58ClN11O4. The molecule has 16 heteroatoms. The van der Waals surface area contributed by atoms with Crippen LogP contribution in [0, 0.1) is 28.1 Å². The topological polar surface area (TPSA) is 169 Å². The average Bonchev–Trinajstić information content (AvgIpc) is 3.99. The number of hydrogen-bond acceptors (Lipinski definition) is 11. The van der Waals surface area contributed by atoms with Gasteiger partial charge in [-0.1, -0.05) is 57.5 Å². The minimum Gasteiger partial charge on any atom is -0.489 e. The van der Waals surface area contributed by atoms with Crippen LogP contribution in [0.3, 0.4) is 0 Å². The van der Waals surface area contributed by atoms with Crippen LogP contribution >= 0.6 is 11.6 Å². The fourth-order valence-electron chi connectivity index (χ4n) is 11.5. The maximum atomic E-state index is 13.5. The number of carbonyl (C=O) groups excluding carboxylic acids is 2. The SMILES string of the molecule is CC(=O)N1CCc2c(c(-c3cccc4cc(-c5cnn(CCC6CCN(c7ncc(C(=O)NC8C(C)(C)C(Oc9ccc(C#N)c(Cl)c9)C8(C)C)cn7)CC6)c5)ncc34)nn2C2CCOCC2)C1. The predicted molar refractivity (Wildman–Crippen MR) is 259 cm³/mol. The Balaban J connectivity index is 0.732. The Morgan fingerprint density at radius 3 is 2.44 bits per heavy atom. The van der Waals surface area contributed by atoms with E-state index in [0.29, 0.717) is 52.9 Å². The number of rotatable bonds is 11. The number of hydrogen-bond donors (Lipinski definition) is 1. The predicted octanol–water partition coefficient (Wildman–Crippen LogP) is 8.45. The van der Waals surface area contributed by atoms with Gasteiger partial charge in [-0.05, 0) is 61.6 Å². The number of nitrogens with zero attached hydrogens (tertiary/aromatic N) is 10. The molecule has 1 N–H and O–H groups in total. The van der Waals surface area contributed by atoms with Gasteiger partial charge in [0.15, 0.2) is 0 Å². The van der Waals surface area contributed by atoms with Gasteiger partial charge in [-0.15, -0.1) is 0 Å². The first-order valence-electron chi connectivity index (χ1n) is 23.9. The first kappa shape index (κ1) is 45.4. The van der Waals surface area contributed by atoms with Crippen molar-refractivity contribution in [3.05, 3.63) is 101 Å². The van der Waals surface area contributed by atoms with Crippen LogP contribution in [-0.4, -0.2) is 96.2 Å². The number of anilines is 1. The van der Waals surface area contributed by atoms with Gasteiger partial charge in [0.25, 0.3) is 5.91 Å². The van der Waals surface area contributed by atoms with E-state index in [4.69, 9.17) is 36.3 Å². The summed E-state index contributed by atoms with van der Waals surface area (Å²) >= 11 is 6.27. The molecule has 1 saturated carbocycles. The van der Waals surface area contributed by atoms with E-state index in [1.54, 1.807) is 37.5 Å². The zero-order valence-corrected chi connectivity index (χ0v) is 40.2. The van der Waals surface area contributed by atoms with Crippen molar-refractivity contribution in [2.24, 2.45) is 16.7 Å². The smallest absolute Gasteiger partial charge is 0.254 e. The van der Waals surface area contributed by atoms with Crippen LogP contribution in [0.25, 0.3) is 33.3 Å². The summed E-state index contributed by atoms with van der Waals surface area (Å²) in [5.41, 5.74) is 6.24. The molecule has 2 aromatic carbocycles. The van der Waals surface area contributed by atoms with Crippen molar-refractivity contribution in [2.45, 2.75) is 104 Å². The van der Waals surface area contributed by atoms with E-state index < -0.39 is 0 Å². The Hall–Kier alpha value is -6.37. The number of aryl methyl sites for hydroxylation is 1. The number of nitriles is 1. The molecule has 7 heterocycles. The van der Waals surface area contributed by atoms with Crippen molar-refractivity contribution in [2.75, 3.05) is 37.7 Å². The Bertz CT molecular complexity index is 2890. The normalized spacial score (nSPS) is 20.4. The molecule has 3 fully saturated rings. The molecule has 68 heavy (non-hydrogen) atoms. The molecule has 0 radical (unpaired) electrons. The third kappa shape index (κ3) is 8.57. The van der Waals surface area contributed by atoms with Crippen LogP contribution < -0.4 is 15.0 Å². The van der Waals surface area contributed by atoms with Crippen molar-refractivity contribution < 1.29 is 19.1 Å². The van der Waals surface area contributed by atoms with Gasteiger partial charge in [-0.2, -0.15) is 15.5 Å². The highest BCUT2D eigenvalue weighted by molar-refractivity contribution is 6.31. The van der Waals surface area contributed by atoms with Gasteiger partial charge < -0.3 is 24.6 Å². The largest absolute Gasteiger partial charge is 0.489 e. The molecule has 4 aliphatic rings. The van der Waals surface area contributed by atoms with Crippen molar-refractivity contribution in [1.82, 2.24) is 44.7 Å². The molecule has 15 nitrogen and oxygen atoms in total. The lowest BCUT2D eigenvalue weighted by Crippen LogP contribution is -2.74. The van der Waals surface area contributed by atoms with E-state index in [2.05, 4.69) is 89.1 Å². The molecule has 6 aromatic rings. The van der Waals surface area contributed by atoms with Crippen molar-refractivity contribution in [3.63, 3.8) is 0 Å². The van der Waals surface area contributed by atoms with Gasteiger partial charge in [0, 0.05) is 135 Å². The van der Waals surface area contributed by atoms with E-state index in [1.165, 1.54) is 5.69 Å². The minimum atomic E-state index is -0.383. The lowest BCUT2D eigenvalue weighted by atomic mass is 9.49. The van der Waals surface area contributed by atoms with Crippen LogP contribution in [-0.2, 0) is 29.0 Å². The Morgan fingerprint density at radius 2 is 1.72 bits per heavy atom. The fraction of sp³-hybridized carbons (Fsp3) is 0.462. The van der Waals surface area contributed by atoms with Crippen molar-refractivity contribution >= 4 is 40.1 Å². The van der Waals surface area contributed by atoms with Gasteiger partial charge in [0.2, 0.25) is 11.9 Å². The zero-order chi connectivity index (χ0) is 47.3. The van der Waals surface area contributed by atoms with Crippen LogP contribution in [0.5, 0.6) is 5.75 Å². The molecule has 10 rings (SSSR count). The number of benzene rings is 2. The average molecular weight is 937 g/mol. The summed E-state index contributed by atoms with van der Waals surface area (Å²) in [6, 6.07) is 15.8. The molecule has 2 saturated heterocycles. The van der Waals surface area contributed by atoms with Crippen LogP contribution in [0.2, 0.25) is 5.02 Å². The Kier molecular flexibility index (Phi) is 12.2. The first-order chi connectivity index (χ1) is 32.8. The molecule has 0 spiro atoms. The molecule has 4 aromatic heterocycles. The maximum Gasteiger partial charge on any atom is 0.254 e. The molecule has 2 amide bonds. The van der Waals surface area contributed by atoms with E-state index in [-0.39, 0.29) is 34.8 Å². The molecule has 1 aliphatic carbocycles. The van der Waals surface area contributed by atoms with Crippen LogP contribution in [0.15, 0.2) is 73.4 Å². The molecule has 0 bridgehead atoms. The van der Waals surface area contributed by atoms with Crippen LogP contribution in [0.1, 0.15) is 99.9 Å². The third-order valence-corrected chi connectivity index (χ3v) is 15.3. The second-order valence-electron chi connectivity index (χ2n) is 20.1. The first-order valence-corrected chi connectivity index (χ1v) is 24.3. The van der Waals surface area contributed by atoms with Crippen LogP contribution in [0.4, 0.5) is 5.95 Å². The molecule has 3 aliphatic heterocycles. The summed E-state index contributed by atoms with van der Waals surface area (Å²) in [6.45, 7) is 15.2. The number of carbonyl (C=O) groups is 2. The number of nitrogens with one attached hydrogen (secondary N) is 1. The summed E-state index contributed by atoms with van der Waals surface area (Å²) in [7, 11) is 0. The highest BCUT2D eigenvalue weighted by Gasteiger charge is 2.64. The molecule has 0 unspecified atom stereocenters. The Labute approximate surface area is 401 Å². The van der Waals surface area contributed by atoms with Gasteiger partial charge >= 0.3 is 0 Å². The summed E-state index contributed by atoms with van der Waals surface area (Å²) in [6.07, 6.45) is 14.7. The van der Waals surface area contributed by atoms with Gasteiger partial charge in [0.05, 0.1) is 39.8 Å². The number of ether oxygens (including phenoxy) is 2. The molecular weight excluding hydrogens is 878 g/mol. The van der Waals surface area contributed by atoms with E-state index in [9.17, 15) is 14.9 Å². The number of fused-ring (bicyclic) bond motifs is 2. The number of pyridine rings is 1. The minimum absolute atomic E-state index is 0.0867. The lowest BCUT2D eigenvalue weighted by molar-refractivity contribution is -0.164. The second-order valence-corrected chi connectivity index (χ2v) is 20.5. The second kappa shape index (κ2) is 18.3. The summed E-state index contributed by atoms with van der Waals surface area (Å²) in [5.74, 6) is 1.63. The quantitative estimate of drug-likeness (QED) is 0.132. The number of halogens is 1. The van der Waals surface area contributed by atoms with Gasteiger partial charge in [-0.25, -0.2) is 9.97 Å². The Morgan fingerprint density at radius 1 is 0.956 bits per heavy atom. The van der Waals surface area contributed by atoms with Gasteiger partial charge in [-0.3, -0.25) is 23.9 Å². The van der Waals surface area contributed by atoms with E-state index in [0.717, 1.165) is 110 Å². The van der Waals surface area contributed by atoms with Crippen molar-refractivity contribution in [1.29, 1.82) is 5.26 Å². The standard InChI is InChI=1S/C52H58ClN11O4/c1-32(65)62-19-14-45-42(31-62)46(60-64(45)38-15-21-67-22-16-38)40-8-6-7-34-23-44(55-29-41(34)40)37-28-58-63(30-37)20-13-33-11-17-61(18-12-33)50-56-26-36(27-57-50)47(66)59-48-51(2,3)49(52(48,4)5)68-39-10-9-35(25-54)43(53)24-39/h6-10,23-24,26-30,33,38,48-49H,11-22,31H2,1-5H3,(H,59,66). The monoisotopic (exact) mass is 935 g/mol. The van der Waals surface area contributed by atoms with Gasteiger partial charge in [0.1, 0.15) is 17.9 Å². The summed E-state index contributed by atoms with van der Waals surface area (Å²) in [4.78, 5) is 44.3. The number of piperidine rings is 1. The lowest BCUT2D eigenvalue weighted by Gasteiger charge is -2.63. The third-order valence-electron chi connectivity index (χ3n) is 15.0. The fourth-order valence-corrected chi connectivity index (χ4v) is 11.7. The van der Waals surface area contributed by atoms with Crippen molar-refractivity contribution in [3.8, 4) is 34.3 Å². The number of amides is 2. The highest BCUT2D eigenvalue weighted by Crippen LogP contribution is 2.55. The number of aromatic nitrogens is 7. The van der Waals surface area contributed by atoms with E-state index >= 15 is 0 Å². The summed E-state index contributed by atoms with van der Waals surface area (Å²) < 4.78 is 16.3.